The molecule has 20 heavy (non-hydrogen) atoms. The maximum atomic E-state index is 13.6. The van der Waals surface area contributed by atoms with Gasteiger partial charge in [0.25, 0.3) is 0 Å². The van der Waals surface area contributed by atoms with E-state index in [1.54, 1.807) is 12.1 Å². The van der Waals surface area contributed by atoms with E-state index in [0.29, 0.717) is 0 Å². The van der Waals surface area contributed by atoms with Gasteiger partial charge >= 0.3 is 0 Å². The second kappa shape index (κ2) is 4.91. The Bertz CT molecular complexity index is 526. The Hall–Kier alpha value is -1.31. The highest BCUT2D eigenvalue weighted by Crippen LogP contribution is 2.47. The fraction of sp³-hybridized carbons (Fsp3) is 0.556. The molecule has 2 aliphatic rings. The van der Waals surface area contributed by atoms with E-state index in [1.165, 1.54) is 32.1 Å². The Morgan fingerprint density at radius 3 is 2.65 bits per heavy atom. The average Bonchev–Trinajstić information content (AvgIpc) is 2.62. The van der Waals surface area contributed by atoms with E-state index >= 15 is 0 Å². The number of anilines is 1. The van der Waals surface area contributed by atoms with Crippen molar-refractivity contribution in [3.05, 3.63) is 41.9 Å². The molecular weight excluding hydrogens is 249 g/mol. The molecule has 0 aromatic heterocycles. The quantitative estimate of drug-likeness (QED) is 0.731. The van der Waals surface area contributed by atoms with E-state index in [2.05, 4.69) is 25.3 Å². The number of hydrogen-bond acceptors (Lipinski definition) is 1. The lowest BCUT2D eigenvalue weighted by molar-refractivity contribution is 0.361. The van der Waals surface area contributed by atoms with Crippen LogP contribution in [-0.4, -0.2) is 6.54 Å². The van der Waals surface area contributed by atoms with Crippen LogP contribution in [0.4, 0.5) is 10.1 Å². The first kappa shape index (κ1) is 13.7. The molecule has 1 aromatic carbocycles. The zero-order valence-corrected chi connectivity index (χ0v) is 12.6. The van der Waals surface area contributed by atoms with E-state index in [1.807, 2.05) is 6.07 Å². The molecule has 0 N–H and O–H groups in total. The molecule has 0 spiro atoms. The van der Waals surface area contributed by atoms with Crippen LogP contribution in [0.3, 0.4) is 0 Å². The summed E-state index contributed by atoms with van der Waals surface area (Å²) in [5.74, 6) is 0.608. The average molecular weight is 273 g/mol. The highest BCUT2D eigenvalue weighted by molar-refractivity contribution is 5.69. The number of rotatable bonds is 2. The van der Waals surface area contributed by atoms with Gasteiger partial charge in [0.15, 0.2) is 0 Å². The number of nitrogens with zero attached hydrogens (tertiary/aromatic N) is 1. The van der Waals surface area contributed by atoms with Gasteiger partial charge in [-0.3, -0.25) is 0 Å². The van der Waals surface area contributed by atoms with Gasteiger partial charge in [0, 0.05) is 23.3 Å². The summed E-state index contributed by atoms with van der Waals surface area (Å²) < 4.78 is 13.6. The molecule has 1 aliphatic heterocycles. The van der Waals surface area contributed by atoms with Crippen LogP contribution in [0.15, 0.2) is 30.5 Å². The summed E-state index contributed by atoms with van der Waals surface area (Å²) in [5, 5.41) is 0. The van der Waals surface area contributed by atoms with Crippen molar-refractivity contribution in [1.82, 2.24) is 0 Å². The second-order valence-electron chi connectivity index (χ2n) is 6.85. The van der Waals surface area contributed by atoms with Crippen LogP contribution >= 0.6 is 0 Å². The topological polar surface area (TPSA) is 3.24 Å². The molecule has 108 valence electrons. The number of halogens is 1. The van der Waals surface area contributed by atoms with Gasteiger partial charge in [0.2, 0.25) is 0 Å². The molecule has 0 atom stereocenters. The monoisotopic (exact) mass is 273 g/mol. The van der Waals surface area contributed by atoms with Gasteiger partial charge in [-0.25, -0.2) is 4.39 Å². The molecule has 0 amide bonds. The number of fused-ring (bicyclic) bond motifs is 1. The summed E-state index contributed by atoms with van der Waals surface area (Å²) in [6.45, 7) is 9.64. The van der Waals surface area contributed by atoms with Gasteiger partial charge in [-0.1, -0.05) is 39.7 Å². The highest BCUT2D eigenvalue weighted by atomic mass is 19.1. The van der Waals surface area contributed by atoms with Crippen LogP contribution in [-0.2, 0) is 5.41 Å². The lowest BCUT2D eigenvalue weighted by Gasteiger charge is -2.31. The zero-order valence-electron chi connectivity index (χ0n) is 12.6. The molecule has 1 fully saturated rings. The van der Waals surface area contributed by atoms with Gasteiger partial charge in [-0.2, -0.15) is 0 Å². The Balaban J connectivity index is 1.90. The molecule has 0 bridgehead atoms. The second-order valence-corrected chi connectivity index (χ2v) is 6.85. The molecule has 1 heterocycles. The van der Waals surface area contributed by atoms with E-state index < -0.39 is 0 Å². The standard InChI is InChI=1S/C18H24FN/c1-13-18(2,3)16-11-15(19)9-10-17(16)20(13)12-14-7-5-4-6-8-14/h9-11,14H,1,4-8,12H2,2-3H3. The third-order valence-corrected chi connectivity index (χ3v) is 5.14. The van der Waals surface area contributed by atoms with Gasteiger partial charge in [-0.15, -0.1) is 0 Å². The predicted octanol–water partition coefficient (Wildman–Crippen LogP) is 5.02. The van der Waals surface area contributed by atoms with Crippen molar-refractivity contribution in [2.24, 2.45) is 5.92 Å². The smallest absolute Gasteiger partial charge is 0.123 e. The number of hydrogen-bond donors (Lipinski definition) is 0. The Labute approximate surface area is 121 Å². The first-order valence-electron chi connectivity index (χ1n) is 7.77. The Morgan fingerprint density at radius 1 is 1.25 bits per heavy atom. The summed E-state index contributed by atoms with van der Waals surface area (Å²) in [5.41, 5.74) is 3.19. The van der Waals surface area contributed by atoms with E-state index in [4.69, 9.17) is 0 Å². The maximum absolute atomic E-state index is 13.6. The number of allylic oxidation sites excluding steroid dienone is 1. The Kier molecular flexibility index (Phi) is 3.35. The molecule has 0 radical (unpaired) electrons. The lowest BCUT2D eigenvalue weighted by atomic mass is 9.84. The summed E-state index contributed by atoms with van der Waals surface area (Å²) in [4.78, 5) is 2.34. The van der Waals surface area contributed by atoms with Crippen molar-refractivity contribution in [2.75, 3.05) is 11.4 Å². The molecule has 1 aromatic rings. The molecule has 1 aliphatic carbocycles. The van der Waals surface area contributed by atoms with Gasteiger partial charge < -0.3 is 4.90 Å². The van der Waals surface area contributed by atoms with E-state index in [-0.39, 0.29) is 11.2 Å². The van der Waals surface area contributed by atoms with Crippen LogP contribution < -0.4 is 4.90 Å². The molecule has 1 nitrogen and oxygen atoms in total. The van der Waals surface area contributed by atoms with E-state index in [0.717, 1.165) is 29.4 Å². The predicted molar refractivity (Wildman–Crippen MR) is 82.5 cm³/mol. The van der Waals surface area contributed by atoms with Crippen LogP contribution in [0.5, 0.6) is 0 Å². The summed E-state index contributed by atoms with van der Waals surface area (Å²) in [6.07, 6.45) is 6.72. The van der Waals surface area contributed by atoms with Crippen LogP contribution in [0, 0.1) is 11.7 Å². The molecule has 3 rings (SSSR count). The minimum atomic E-state index is -0.161. The Morgan fingerprint density at radius 2 is 1.95 bits per heavy atom. The first-order chi connectivity index (χ1) is 9.50. The fourth-order valence-corrected chi connectivity index (χ4v) is 3.72. The van der Waals surface area contributed by atoms with Crippen molar-refractivity contribution in [1.29, 1.82) is 0 Å². The molecular formula is C18H24FN. The molecule has 0 saturated heterocycles. The van der Waals surface area contributed by atoms with Gasteiger partial charge in [0.1, 0.15) is 5.82 Å². The summed E-state index contributed by atoms with van der Waals surface area (Å²) in [7, 11) is 0. The lowest BCUT2D eigenvalue weighted by Crippen LogP contribution is -2.30. The maximum Gasteiger partial charge on any atom is 0.123 e. The third kappa shape index (κ3) is 2.15. The minimum absolute atomic E-state index is 0.149. The molecule has 0 unspecified atom stereocenters. The van der Waals surface area contributed by atoms with Crippen molar-refractivity contribution >= 4 is 5.69 Å². The largest absolute Gasteiger partial charge is 0.344 e. The first-order valence-corrected chi connectivity index (χ1v) is 7.77. The summed E-state index contributed by atoms with van der Waals surface area (Å²) >= 11 is 0. The van der Waals surface area contributed by atoms with Crippen LogP contribution in [0.25, 0.3) is 0 Å². The van der Waals surface area contributed by atoms with Crippen molar-refractivity contribution in [2.45, 2.75) is 51.4 Å². The van der Waals surface area contributed by atoms with E-state index in [9.17, 15) is 4.39 Å². The highest BCUT2D eigenvalue weighted by Gasteiger charge is 2.39. The van der Waals surface area contributed by atoms with Crippen molar-refractivity contribution in [3.8, 4) is 0 Å². The SMILES string of the molecule is C=C1N(CC2CCCCC2)c2ccc(F)cc2C1(C)C. The normalized spacial score (nSPS) is 22.1. The van der Waals surface area contributed by atoms with Crippen molar-refractivity contribution in [3.63, 3.8) is 0 Å². The minimum Gasteiger partial charge on any atom is -0.344 e. The molecule has 2 heteroatoms. The fourth-order valence-electron chi connectivity index (χ4n) is 3.72. The zero-order chi connectivity index (χ0) is 14.3. The third-order valence-electron chi connectivity index (χ3n) is 5.14. The van der Waals surface area contributed by atoms with Crippen LogP contribution in [0.2, 0.25) is 0 Å². The van der Waals surface area contributed by atoms with Gasteiger partial charge in [0.05, 0.1) is 0 Å². The van der Waals surface area contributed by atoms with Crippen LogP contribution in [0.1, 0.15) is 51.5 Å². The van der Waals surface area contributed by atoms with Gasteiger partial charge in [-0.05, 0) is 42.5 Å². The van der Waals surface area contributed by atoms with Crippen molar-refractivity contribution < 1.29 is 4.39 Å². The summed E-state index contributed by atoms with van der Waals surface area (Å²) in [6, 6.07) is 5.18. The molecule has 1 saturated carbocycles. The number of benzene rings is 1.